The molecule has 152 valence electrons. The van der Waals surface area contributed by atoms with Crippen molar-refractivity contribution in [2.24, 2.45) is 5.14 Å². The highest BCUT2D eigenvalue weighted by Crippen LogP contribution is 2.30. The first-order valence-corrected chi connectivity index (χ1v) is 9.56. The first-order valence-electron chi connectivity index (χ1n) is 8.02. The molecular formula is C18H13F4N3O3S. The van der Waals surface area contributed by atoms with Crippen molar-refractivity contribution in [1.82, 2.24) is 9.78 Å². The summed E-state index contributed by atoms with van der Waals surface area (Å²) in [5.41, 5.74) is -0.503. The fourth-order valence-corrected chi connectivity index (χ4v) is 3.23. The van der Waals surface area contributed by atoms with E-state index in [4.69, 9.17) is 5.14 Å². The average Bonchev–Trinajstić information content (AvgIpc) is 2.62. The van der Waals surface area contributed by atoms with Gasteiger partial charge in [0.1, 0.15) is 12.4 Å². The summed E-state index contributed by atoms with van der Waals surface area (Å²) >= 11 is 0. The van der Waals surface area contributed by atoms with Gasteiger partial charge < -0.3 is 0 Å². The molecule has 0 aliphatic heterocycles. The molecular weight excluding hydrogens is 414 g/mol. The number of benzene rings is 2. The van der Waals surface area contributed by atoms with E-state index in [0.29, 0.717) is 5.56 Å². The van der Waals surface area contributed by atoms with Crippen LogP contribution in [0.25, 0.3) is 22.3 Å². The van der Waals surface area contributed by atoms with Crippen molar-refractivity contribution in [1.29, 1.82) is 0 Å². The summed E-state index contributed by atoms with van der Waals surface area (Å²) in [6.07, 6.45) is -3.60. The van der Waals surface area contributed by atoms with Crippen LogP contribution in [0.2, 0.25) is 0 Å². The van der Waals surface area contributed by atoms with E-state index >= 15 is 0 Å². The van der Waals surface area contributed by atoms with E-state index in [0.717, 1.165) is 18.3 Å². The second-order valence-electron chi connectivity index (χ2n) is 6.09. The molecule has 0 aliphatic carbocycles. The molecule has 0 saturated heterocycles. The fourth-order valence-electron chi connectivity index (χ4n) is 2.71. The summed E-state index contributed by atoms with van der Waals surface area (Å²) in [7, 11) is -3.95. The molecule has 0 saturated carbocycles. The number of aromatic nitrogens is 2. The van der Waals surface area contributed by atoms with Crippen LogP contribution in [0.3, 0.4) is 0 Å². The second-order valence-corrected chi connectivity index (χ2v) is 7.65. The number of halogens is 4. The Balaban J connectivity index is 2.22. The van der Waals surface area contributed by atoms with Crippen molar-refractivity contribution in [2.45, 2.75) is 17.6 Å². The third-order valence-corrected chi connectivity index (χ3v) is 4.93. The number of hydrogen-bond acceptors (Lipinski definition) is 4. The molecule has 1 heterocycles. The lowest BCUT2D eigenvalue weighted by Crippen LogP contribution is -2.31. The number of hydrogen-bond donors (Lipinski definition) is 1. The molecule has 1 aromatic heterocycles. The molecule has 0 fully saturated rings. The van der Waals surface area contributed by atoms with Crippen LogP contribution in [0.5, 0.6) is 0 Å². The van der Waals surface area contributed by atoms with Crippen molar-refractivity contribution in [3.05, 3.63) is 70.9 Å². The minimum Gasteiger partial charge on any atom is -0.267 e. The third kappa shape index (κ3) is 4.69. The Kier molecular flexibility index (Phi) is 5.28. The molecule has 0 spiro atoms. The predicted molar refractivity (Wildman–Crippen MR) is 96.8 cm³/mol. The van der Waals surface area contributed by atoms with Crippen LogP contribution in [0.4, 0.5) is 17.6 Å². The highest BCUT2D eigenvalue weighted by atomic mass is 32.2. The van der Waals surface area contributed by atoms with Crippen LogP contribution in [-0.4, -0.2) is 24.4 Å². The molecule has 0 bridgehead atoms. The van der Waals surface area contributed by atoms with Crippen LogP contribution in [-0.2, 0) is 16.6 Å². The van der Waals surface area contributed by atoms with Crippen molar-refractivity contribution in [2.75, 3.05) is 0 Å². The Morgan fingerprint density at radius 3 is 2.03 bits per heavy atom. The van der Waals surface area contributed by atoms with Gasteiger partial charge in [0, 0.05) is 5.56 Å². The van der Waals surface area contributed by atoms with E-state index in [1.807, 2.05) is 0 Å². The largest absolute Gasteiger partial charge is 0.408 e. The Morgan fingerprint density at radius 2 is 1.52 bits per heavy atom. The van der Waals surface area contributed by atoms with Crippen LogP contribution in [0.1, 0.15) is 0 Å². The Hall–Kier alpha value is -3.05. The molecule has 11 heteroatoms. The highest BCUT2D eigenvalue weighted by Gasteiger charge is 2.30. The lowest BCUT2D eigenvalue weighted by molar-refractivity contribution is -0.143. The number of rotatable bonds is 4. The smallest absolute Gasteiger partial charge is 0.267 e. The first-order chi connectivity index (χ1) is 13.5. The van der Waals surface area contributed by atoms with E-state index in [9.17, 15) is 30.8 Å². The molecule has 3 rings (SSSR count). The van der Waals surface area contributed by atoms with Crippen LogP contribution in [0.15, 0.2) is 64.4 Å². The molecule has 2 aromatic carbocycles. The van der Waals surface area contributed by atoms with Crippen molar-refractivity contribution >= 4 is 10.0 Å². The number of alkyl halides is 3. The zero-order valence-corrected chi connectivity index (χ0v) is 15.3. The van der Waals surface area contributed by atoms with Crippen molar-refractivity contribution in [3.63, 3.8) is 0 Å². The van der Waals surface area contributed by atoms with E-state index in [1.54, 1.807) is 0 Å². The maximum absolute atomic E-state index is 13.3. The quantitative estimate of drug-likeness (QED) is 0.648. The zero-order chi connectivity index (χ0) is 21.4. The number of nitrogens with two attached hydrogens (primary N) is 1. The van der Waals surface area contributed by atoms with E-state index in [2.05, 4.69) is 5.10 Å². The van der Waals surface area contributed by atoms with E-state index < -0.39 is 34.1 Å². The molecule has 0 radical (unpaired) electrons. The highest BCUT2D eigenvalue weighted by molar-refractivity contribution is 7.89. The minimum absolute atomic E-state index is 0.132. The van der Waals surface area contributed by atoms with Gasteiger partial charge in [0.25, 0.3) is 5.56 Å². The van der Waals surface area contributed by atoms with Crippen LogP contribution < -0.4 is 10.7 Å². The molecule has 2 N–H and O–H groups in total. The van der Waals surface area contributed by atoms with Gasteiger partial charge in [-0.3, -0.25) is 4.79 Å². The van der Waals surface area contributed by atoms with Crippen LogP contribution >= 0.6 is 0 Å². The average molecular weight is 427 g/mol. The molecule has 0 unspecified atom stereocenters. The van der Waals surface area contributed by atoms with Crippen molar-refractivity contribution in [3.8, 4) is 22.3 Å². The molecule has 0 atom stereocenters. The Morgan fingerprint density at radius 1 is 0.966 bits per heavy atom. The van der Waals surface area contributed by atoms with Gasteiger partial charge in [-0.15, -0.1) is 0 Å². The van der Waals surface area contributed by atoms with E-state index in [-0.39, 0.29) is 26.3 Å². The van der Waals surface area contributed by atoms with Crippen LogP contribution in [0, 0.1) is 5.82 Å². The lowest BCUT2D eigenvalue weighted by Gasteiger charge is -2.14. The second kappa shape index (κ2) is 7.41. The maximum atomic E-state index is 13.3. The first kappa shape index (κ1) is 20.7. The summed E-state index contributed by atoms with van der Waals surface area (Å²) < 4.78 is 74.7. The Labute approximate surface area is 162 Å². The number of nitrogens with zero attached hydrogens (tertiary/aromatic N) is 2. The van der Waals surface area contributed by atoms with Gasteiger partial charge >= 0.3 is 6.18 Å². The monoisotopic (exact) mass is 427 g/mol. The zero-order valence-electron chi connectivity index (χ0n) is 14.5. The van der Waals surface area contributed by atoms with Gasteiger partial charge in [0.2, 0.25) is 10.0 Å². The molecule has 0 amide bonds. The standard InChI is InChI=1S/C18H13F4N3O3S/c19-13-5-1-12(2-6-13)16-15(9-24-25(17(16)26)10-18(20,21)22)11-3-7-14(8-4-11)29(23,27)28/h1-9H,10H2,(H2,23,27,28). The topological polar surface area (TPSA) is 95.1 Å². The van der Waals surface area contributed by atoms with E-state index in [1.165, 1.54) is 36.4 Å². The van der Waals surface area contributed by atoms with Gasteiger partial charge in [0.15, 0.2) is 0 Å². The summed E-state index contributed by atoms with van der Waals surface area (Å²) in [5.74, 6) is -0.586. The van der Waals surface area contributed by atoms with Gasteiger partial charge in [-0.05, 0) is 35.4 Å². The van der Waals surface area contributed by atoms with Gasteiger partial charge in [0.05, 0.1) is 16.7 Å². The summed E-state index contributed by atoms with van der Waals surface area (Å²) in [6, 6.07) is 9.72. The number of sulfonamides is 1. The van der Waals surface area contributed by atoms with Gasteiger partial charge in [-0.1, -0.05) is 24.3 Å². The lowest BCUT2D eigenvalue weighted by atomic mass is 9.97. The minimum atomic E-state index is -4.67. The molecule has 0 aliphatic rings. The summed E-state index contributed by atoms with van der Waals surface area (Å²) in [4.78, 5) is 12.6. The normalized spacial score (nSPS) is 12.2. The summed E-state index contributed by atoms with van der Waals surface area (Å²) in [6.45, 7) is -1.59. The fraction of sp³-hybridized carbons (Fsp3) is 0.111. The third-order valence-electron chi connectivity index (χ3n) is 4.00. The van der Waals surface area contributed by atoms with Gasteiger partial charge in [-0.2, -0.15) is 18.3 Å². The molecule has 6 nitrogen and oxygen atoms in total. The number of primary sulfonamides is 1. The maximum Gasteiger partial charge on any atom is 0.408 e. The Bertz CT molecular complexity index is 1200. The predicted octanol–water partition coefficient (Wildman–Crippen LogP) is 2.93. The SMILES string of the molecule is NS(=O)(=O)c1ccc(-c2cnn(CC(F)(F)F)c(=O)c2-c2ccc(F)cc2)cc1. The summed E-state index contributed by atoms with van der Waals surface area (Å²) in [5, 5.41) is 8.63. The van der Waals surface area contributed by atoms with Crippen molar-refractivity contribution < 1.29 is 26.0 Å². The molecule has 29 heavy (non-hydrogen) atoms. The van der Waals surface area contributed by atoms with Gasteiger partial charge in [-0.25, -0.2) is 22.6 Å². The molecule has 3 aromatic rings.